The first-order chi connectivity index (χ1) is 26.7. The van der Waals surface area contributed by atoms with Crippen LogP contribution in [0.1, 0.15) is 0 Å². The third kappa shape index (κ3) is 4.93. The van der Waals surface area contributed by atoms with Crippen molar-refractivity contribution in [3.05, 3.63) is 134 Å². The monoisotopic (exact) mass is 700 g/mol. The zero-order valence-corrected chi connectivity index (χ0v) is 28.1. The van der Waals surface area contributed by atoms with Gasteiger partial charge in [0.25, 0.3) is 0 Å². The summed E-state index contributed by atoms with van der Waals surface area (Å²) in [5, 5.41) is 3.29. The molecule has 0 radical (unpaired) electrons. The van der Waals surface area contributed by atoms with Crippen LogP contribution in [0.2, 0.25) is 0 Å². The summed E-state index contributed by atoms with van der Waals surface area (Å²) >= 11 is 0. The van der Waals surface area contributed by atoms with Crippen LogP contribution in [-0.2, 0) is 0 Å². The first-order valence-electron chi connectivity index (χ1n) is 17.2. The number of H-pyrrole nitrogens is 2. The Bertz CT molecular complexity index is 2920. The molecule has 12 nitrogen and oxygen atoms in total. The molecule has 0 saturated heterocycles. The second-order valence-electron chi connectivity index (χ2n) is 12.7. The summed E-state index contributed by atoms with van der Waals surface area (Å²) in [4.78, 5) is 45.7. The molecule has 2 aliphatic rings. The molecular formula is C42H24N10O2. The Kier molecular flexibility index (Phi) is 6.55. The van der Waals surface area contributed by atoms with Crippen molar-refractivity contribution in [1.82, 2.24) is 49.8 Å². The number of hydrogen-bond acceptors (Lipinski definition) is 10. The van der Waals surface area contributed by atoms with Crippen LogP contribution in [0.3, 0.4) is 0 Å². The van der Waals surface area contributed by atoms with Gasteiger partial charge in [0.2, 0.25) is 0 Å². The highest BCUT2D eigenvalue weighted by Crippen LogP contribution is 2.42. The first-order valence-corrected chi connectivity index (χ1v) is 17.2. The van der Waals surface area contributed by atoms with E-state index in [0.29, 0.717) is 68.9 Å². The van der Waals surface area contributed by atoms with Gasteiger partial charge in [-0.05, 0) is 36.4 Å². The third-order valence-electron chi connectivity index (χ3n) is 9.37. The summed E-state index contributed by atoms with van der Waals surface area (Å²) in [6.07, 6.45) is 6.69. The van der Waals surface area contributed by atoms with Gasteiger partial charge in [-0.15, -0.1) is 0 Å². The van der Waals surface area contributed by atoms with Gasteiger partial charge in [-0.3, -0.25) is 9.97 Å². The van der Waals surface area contributed by atoms with Crippen molar-refractivity contribution >= 4 is 44.1 Å². The Morgan fingerprint density at radius 3 is 1.06 bits per heavy atom. The topological polar surface area (TPSA) is 153 Å². The van der Waals surface area contributed by atoms with Gasteiger partial charge in [-0.1, -0.05) is 72.8 Å². The lowest BCUT2D eigenvalue weighted by Crippen LogP contribution is -1.91. The van der Waals surface area contributed by atoms with Gasteiger partial charge in [0.05, 0.1) is 0 Å². The molecule has 5 aromatic heterocycles. The number of aromatic nitrogens is 10. The Morgan fingerprint density at radius 1 is 0.352 bits per heavy atom. The van der Waals surface area contributed by atoms with Crippen molar-refractivity contribution in [2.24, 2.45) is 0 Å². The van der Waals surface area contributed by atoms with E-state index >= 15 is 0 Å². The molecule has 11 rings (SSSR count). The fourth-order valence-corrected chi connectivity index (χ4v) is 6.87. The maximum atomic E-state index is 6.43. The van der Waals surface area contributed by atoms with E-state index in [1.807, 2.05) is 84.9 Å². The highest BCUT2D eigenvalue weighted by molar-refractivity contribution is 6.07. The predicted molar refractivity (Wildman–Crippen MR) is 205 cm³/mol. The SMILES string of the molecule is c1ccc2c(c1)-c1nc-2nc2[nH]c(nc3nc(nc4[nH]c(n1)c1ccccc41)-c1ccccc1-3)c1cc(Oc3ccncc3)c(Oc3ccncc3)cc21. The first kappa shape index (κ1) is 29.8. The fourth-order valence-electron chi connectivity index (χ4n) is 6.87. The van der Waals surface area contributed by atoms with E-state index in [1.54, 1.807) is 49.1 Å². The lowest BCUT2D eigenvalue weighted by Gasteiger charge is -2.12. The number of fused-ring (bicyclic) bond motifs is 20. The minimum atomic E-state index is 0.460. The van der Waals surface area contributed by atoms with E-state index in [0.717, 1.165) is 43.8 Å². The lowest BCUT2D eigenvalue weighted by atomic mass is 10.1. The number of benzene rings is 4. The summed E-state index contributed by atoms with van der Waals surface area (Å²) in [5.41, 5.74) is 5.74. The van der Waals surface area contributed by atoms with Crippen LogP contribution < -0.4 is 9.47 Å². The molecule has 8 bridgehead atoms. The molecule has 2 aliphatic heterocycles. The minimum absolute atomic E-state index is 0.460. The molecule has 4 aromatic carbocycles. The molecule has 0 unspecified atom stereocenters. The Labute approximate surface area is 305 Å². The normalized spacial score (nSPS) is 11.7. The van der Waals surface area contributed by atoms with Crippen LogP contribution in [0.5, 0.6) is 23.0 Å². The standard InChI is InChI=1S/C42H24N10O2/c1-2-8-26-25(7-1)35-45-36(26)47-38-28-10-4-6-12-30(28)40(49-38)51-42-32-22-34(54-24-15-19-44-20-16-24)33(53-23-13-17-43-18-14-23)21-31(32)41(52-42)50-39-29-11-5-3-9-27(29)37(46-35)48-39/h1-22H,(H2,45,46,47,48,49,50,51,52). The van der Waals surface area contributed by atoms with Crippen LogP contribution in [0.15, 0.2) is 134 Å². The highest BCUT2D eigenvalue weighted by atomic mass is 16.5. The number of pyridine rings is 2. The molecule has 12 heteroatoms. The maximum absolute atomic E-state index is 6.43. The largest absolute Gasteiger partial charge is 0.453 e. The molecule has 0 fully saturated rings. The molecule has 54 heavy (non-hydrogen) atoms. The Hall–Kier alpha value is -7.86. The summed E-state index contributed by atoms with van der Waals surface area (Å²) in [7, 11) is 0. The number of hydrogen-bond donors (Lipinski definition) is 2. The number of rotatable bonds is 4. The third-order valence-corrected chi connectivity index (χ3v) is 9.37. The molecule has 7 heterocycles. The maximum Gasteiger partial charge on any atom is 0.170 e. The van der Waals surface area contributed by atoms with Crippen molar-refractivity contribution in [2.45, 2.75) is 0 Å². The van der Waals surface area contributed by atoms with Crippen LogP contribution in [-0.4, -0.2) is 49.8 Å². The summed E-state index contributed by atoms with van der Waals surface area (Å²) in [5.74, 6) is 4.16. The number of ether oxygens (including phenoxy) is 2. The second-order valence-corrected chi connectivity index (χ2v) is 12.7. The highest BCUT2D eigenvalue weighted by Gasteiger charge is 2.23. The fraction of sp³-hybridized carbons (Fsp3) is 0. The van der Waals surface area contributed by atoms with Gasteiger partial charge in [0.15, 0.2) is 34.8 Å². The summed E-state index contributed by atoms with van der Waals surface area (Å²) in [6.45, 7) is 0. The van der Waals surface area contributed by atoms with Crippen molar-refractivity contribution in [1.29, 1.82) is 0 Å². The smallest absolute Gasteiger partial charge is 0.170 e. The number of nitrogens with one attached hydrogen (secondary N) is 2. The second kappa shape index (κ2) is 11.9. The summed E-state index contributed by atoms with van der Waals surface area (Å²) < 4.78 is 12.9. The van der Waals surface area contributed by atoms with E-state index in [4.69, 9.17) is 39.4 Å². The predicted octanol–water partition coefficient (Wildman–Crippen LogP) is 9.24. The molecule has 2 N–H and O–H groups in total. The van der Waals surface area contributed by atoms with Crippen molar-refractivity contribution < 1.29 is 9.47 Å². The Balaban J connectivity index is 1.27. The molecular weight excluding hydrogens is 677 g/mol. The van der Waals surface area contributed by atoms with Crippen molar-refractivity contribution in [2.75, 3.05) is 0 Å². The van der Waals surface area contributed by atoms with E-state index in [2.05, 4.69) is 19.9 Å². The van der Waals surface area contributed by atoms with Crippen molar-refractivity contribution in [3.8, 4) is 68.5 Å². The van der Waals surface area contributed by atoms with Crippen LogP contribution in [0.4, 0.5) is 0 Å². The molecule has 254 valence electrons. The van der Waals surface area contributed by atoms with Gasteiger partial charge in [0.1, 0.15) is 34.1 Å². The van der Waals surface area contributed by atoms with Crippen LogP contribution in [0.25, 0.3) is 89.7 Å². The molecule has 9 aromatic rings. The van der Waals surface area contributed by atoms with Gasteiger partial charge in [-0.25, -0.2) is 29.9 Å². The molecule has 0 atom stereocenters. The van der Waals surface area contributed by atoms with Gasteiger partial charge < -0.3 is 19.4 Å². The minimum Gasteiger partial charge on any atom is -0.453 e. The van der Waals surface area contributed by atoms with Gasteiger partial charge >= 0.3 is 0 Å². The zero-order valence-electron chi connectivity index (χ0n) is 28.1. The molecule has 0 saturated carbocycles. The zero-order chi connectivity index (χ0) is 35.6. The van der Waals surface area contributed by atoms with Crippen LogP contribution >= 0.6 is 0 Å². The number of nitrogens with zero attached hydrogens (tertiary/aromatic N) is 8. The van der Waals surface area contributed by atoms with Crippen molar-refractivity contribution in [3.63, 3.8) is 0 Å². The molecule has 0 spiro atoms. The Morgan fingerprint density at radius 2 is 0.685 bits per heavy atom. The average Bonchev–Trinajstić information content (AvgIpc) is 3.94. The van der Waals surface area contributed by atoms with E-state index in [-0.39, 0.29) is 0 Å². The lowest BCUT2D eigenvalue weighted by molar-refractivity contribution is 0.419. The average molecular weight is 701 g/mol. The van der Waals surface area contributed by atoms with E-state index in [1.165, 1.54) is 0 Å². The number of aromatic amines is 2. The van der Waals surface area contributed by atoms with E-state index in [9.17, 15) is 0 Å². The molecule has 0 aliphatic carbocycles. The molecule has 0 amide bonds. The quantitative estimate of drug-likeness (QED) is 0.182. The van der Waals surface area contributed by atoms with E-state index < -0.39 is 0 Å². The van der Waals surface area contributed by atoms with Crippen LogP contribution in [0, 0.1) is 0 Å². The van der Waals surface area contributed by atoms with Gasteiger partial charge in [-0.2, -0.15) is 0 Å². The summed E-state index contributed by atoms with van der Waals surface area (Å²) in [6, 6.07) is 34.8. The van der Waals surface area contributed by atoms with Gasteiger partial charge in [0, 0.05) is 68.6 Å².